The molecule has 2 rings (SSSR count). The van der Waals surface area contributed by atoms with E-state index in [-0.39, 0.29) is 18.6 Å². The van der Waals surface area contributed by atoms with Crippen molar-refractivity contribution in [3.63, 3.8) is 0 Å². The van der Waals surface area contributed by atoms with E-state index >= 15 is 0 Å². The van der Waals surface area contributed by atoms with Crippen LogP contribution in [0.15, 0.2) is 12.3 Å². The predicted octanol–water partition coefficient (Wildman–Crippen LogP) is 1.25. The number of carbonyl (C=O) groups is 1. The molecule has 0 bridgehead atoms. The number of ether oxygens (including phenoxy) is 1. The smallest absolute Gasteiger partial charge is 0.239 e. The number of morpholine rings is 1. The summed E-state index contributed by atoms with van der Waals surface area (Å²) < 4.78 is 5.60. The average molecular weight is 333 g/mol. The van der Waals surface area contributed by atoms with Crippen LogP contribution in [0.1, 0.15) is 0 Å². The van der Waals surface area contributed by atoms with Gasteiger partial charge in [-0.15, -0.1) is 0 Å². The Hall–Kier alpha value is -0.920. The fourth-order valence-corrected chi connectivity index (χ4v) is 2.58. The number of pyridine rings is 1. The fourth-order valence-electron chi connectivity index (χ4n) is 2.16. The van der Waals surface area contributed by atoms with E-state index in [0.717, 1.165) is 19.6 Å². The standard InChI is InChI=1S/C13H18Cl2N4O2/c1-16-6-10-7-19(2-3-21-10)8-12(20)18-13-11(15)4-9(14)5-17-13/h4-5,10,16H,2-3,6-8H2,1H3,(H,17,18,20). The molecule has 1 amide bonds. The van der Waals surface area contributed by atoms with E-state index in [2.05, 4.69) is 15.6 Å². The second-order valence-electron chi connectivity index (χ2n) is 4.82. The molecule has 1 aromatic heterocycles. The van der Waals surface area contributed by atoms with Gasteiger partial charge in [-0.3, -0.25) is 9.69 Å². The lowest BCUT2D eigenvalue weighted by molar-refractivity contribution is -0.119. The number of nitrogens with zero attached hydrogens (tertiary/aromatic N) is 2. The maximum Gasteiger partial charge on any atom is 0.239 e. The van der Waals surface area contributed by atoms with Crippen LogP contribution in [0.2, 0.25) is 10.0 Å². The summed E-state index contributed by atoms with van der Waals surface area (Å²) in [5.74, 6) is 0.169. The number of amides is 1. The van der Waals surface area contributed by atoms with Gasteiger partial charge >= 0.3 is 0 Å². The molecule has 1 aliphatic heterocycles. The summed E-state index contributed by atoms with van der Waals surface area (Å²) in [6, 6.07) is 1.55. The third-order valence-corrected chi connectivity index (χ3v) is 3.58. The predicted molar refractivity (Wildman–Crippen MR) is 83.0 cm³/mol. The number of nitrogens with one attached hydrogen (secondary N) is 2. The molecule has 2 heterocycles. The Morgan fingerprint density at radius 1 is 1.57 bits per heavy atom. The molecule has 2 N–H and O–H groups in total. The lowest BCUT2D eigenvalue weighted by Crippen LogP contribution is -2.48. The van der Waals surface area contributed by atoms with Crippen LogP contribution in [0.4, 0.5) is 5.82 Å². The zero-order chi connectivity index (χ0) is 15.2. The van der Waals surface area contributed by atoms with Crippen molar-refractivity contribution >= 4 is 34.9 Å². The molecule has 116 valence electrons. The quantitative estimate of drug-likeness (QED) is 0.849. The third kappa shape index (κ3) is 5.09. The Morgan fingerprint density at radius 3 is 3.10 bits per heavy atom. The minimum Gasteiger partial charge on any atom is -0.374 e. The van der Waals surface area contributed by atoms with E-state index in [1.165, 1.54) is 6.20 Å². The molecule has 0 aromatic carbocycles. The minimum absolute atomic E-state index is 0.105. The van der Waals surface area contributed by atoms with Crippen LogP contribution in [0, 0.1) is 0 Å². The van der Waals surface area contributed by atoms with Gasteiger partial charge in [-0.2, -0.15) is 0 Å². The van der Waals surface area contributed by atoms with Crippen LogP contribution in [0.3, 0.4) is 0 Å². The summed E-state index contributed by atoms with van der Waals surface area (Å²) in [4.78, 5) is 18.1. The fraction of sp³-hybridized carbons (Fsp3) is 0.538. The first-order valence-corrected chi connectivity index (χ1v) is 7.43. The van der Waals surface area contributed by atoms with Gasteiger partial charge in [0.1, 0.15) is 0 Å². The molecule has 8 heteroatoms. The Kier molecular flexibility index (Phi) is 6.20. The molecule has 0 aliphatic carbocycles. The van der Waals surface area contributed by atoms with Crippen LogP contribution >= 0.6 is 23.2 Å². The van der Waals surface area contributed by atoms with Gasteiger partial charge in [0.25, 0.3) is 0 Å². The van der Waals surface area contributed by atoms with Crippen LogP contribution in [0.5, 0.6) is 0 Å². The van der Waals surface area contributed by atoms with Crippen molar-refractivity contribution < 1.29 is 9.53 Å². The number of halogens is 2. The van der Waals surface area contributed by atoms with E-state index < -0.39 is 0 Å². The molecule has 0 spiro atoms. The Morgan fingerprint density at radius 2 is 2.38 bits per heavy atom. The first-order chi connectivity index (χ1) is 10.1. The molecule has 1 aliphatic rings. The molecule has 1 fully saturated rings. The Labute approximate surface area is 133 Å². The summed E-state index contributed by atoms with van der Waals surface area (Å²) in [6.45, 7) is 3.12. The highest BCUT2D eigenvalue weighted by atomic mass is 35.5. The van der Waals surface area contributed by atoms with Gasteiger partial charge in [-0.25, -0.2) is 4.98 Å². The largest absolute Gasteiger partial charge is 0.374 e. The van der Waals surface area contributed by atoms with Crippen LogP contribution in [-0.4, -0.2) is 61.7 Å². The number of carbonyl (C=O) groups excluding carboxylic acids is 1. The molecule has 1 aromatic rings. The molecule has 0 radical (unpaired) electrons. The second-order valence-corrected chi connectivity index (χ2v) is 5.66. The molecule has 1 saturated heterocycles. The third-order valence-electron chi connectivity index (χ3n) is 3.09. The van der Waals surface area contributed by atoms with Crippen molar-refractivity contribution in [2.24, 2.45) is 0 Å². The molecule has 6 nitrogen and oxygen atoms in total. The zero-order valence-corrected chi connectivity index (χ0v) is 13.2. The Bertz CT molecular complexity index is 499. The van der Waals surface area contributed by atoms with E-state index in [1.807, 2.05) is 11.9 Å². The van der Waals surface area contributed by atoms with Gasteiger partial charge in [-0.1, -0.05) is 23.2 Å². The normalized spacial score (nSPS) is 19.5. The first-order valence-electron chi connectivity index (χ1n) is 6.68. The molecule has 1 atom stereocenters. The first kappa shape index (κ1) is 16.5. The molecular formula is C13H18Cl2N4O2. The number of hydrogen-bond acceptors (Lipinski definition) is 5. The van der Waals surface area contributed by atoms with E-state index in [1.54, 1.807) is 6.07 Å². The van der Waals surface area contributed by atoms with E-state index in [0.29, 0.717) is 22.5 Å². The van der Waals surface area contributed by atoms with Gasteiger partial charge in [0.15, 0.2) is 5.82 Å². The van der Waals surface area contributed by atoms with Crippen LogP contribution < -0.4 is 10.6 Å². The lowest BCUT2D eigenvalue weighted by atomic mass is 10.2. The maximum absolute atomic E-state index is 12.0. The van der Waals surface area contributed by atoms with Crippen LogP contribution in [-0.2, 0) is 9.53 Å². The second kappa shape index (κ2) is 7.91. The number of aromatic nitrogens is 1. The molecular weight excluding hydrogens is 315 g/mol. The maximum atomic E-state index is 12.0. The van der Waals surface area contributed by atoms with Crippen molar-refractivity contribution in [3.8, 4) is 0 Å². The van der Waals surface area contributed by atoms with Crippen molar-refractivity contribution in [2.45, 2.75) is 6.10 Å². The summed E-state index contributed by atoms with van der Waals surface area (Å²) in [5.41, 5.74) is 0. The monoisotopic (exact) mass is 332 g/mol. The van der Waals surface area contributed by atoms with Crippen molar-refractivity contribution in [1.29, 1.82) is 0 Å². The van der Waals surface area contributed by atoms with E-state index in [9.17, 15) is 4.79 Å². The lowest BCUT2D eigenvalue weighted by Gasteiger charge is -2.32. The minimum atomic E-state index is -0.156. The van der Waals surface area contributed by atoms with Crippen molar-refractivity contribution in [1.82, 2.24) is 15.2 Å². The molecule has 0 saturated carbocycles. The van der Waals surface area contributed by atoms with Gasteiger partial charge in [0, 0.05) is 25.8 Å². The number of hydrogen-bond donors (Lipinski definition) is 2. The number of anilines is 1. The van der Waals surface area contributed by atoms with Gasteiger partial charge in [0.05, 0.1) is 29.3 Å². The summed E-state index contributed by atoms with van der Waals surface area (Å²) >= 11 is 11.7. The molecule has 21 heavy (non-hydrogen) atoms. The van der Waals surface area contributed by atoms with Crippen molar-refractivity contribution in [3.05, 3.63) is 22.3 Å². The number of likely N-dealkylation sites (N-methyl/N-ethyl adjacent to an activating group) is 1. The van der Waals surface area contributed by atoms with Crippen LogP contribution in [0.25, 0.3) is 0 Å². The summed E-state index contributed by atoms with van der Waals surface area (Å²) in [6.07, 6.45) is 1.55. The SMILES string of the molecule is CNCC1CN(CC(=O)Nc2ncc(Cl)cc2Cl)CCO1. The van der Waals surface area contributed by atoms with E-state index in [4.69, 9.17) is 27.9 Å². The highest BCUT2D eigenvalue weighted by Gasteiger charge is 2.21. The average Bonchev–Trinajstić information content (AvgIpc) is 2.43. The highest BCUT2D eigenvalue weighted by molar-refractivity contribution is 6.36. The van der Waals surface area contributed by atoms with Gasteiger partial charge in [-0.05, 0) is 13.1 Å². The summed E-state index contributed by atoms with van der Waals surface area (Å²) in [5, 5.41) is 6.52. The molecule has 1 unspecified atom stereocenters. The van der Waals surface area contributed by atoms with Crippen molar-refractivity contribution in [2.75, 3.05) is 45.2 Å². The van der Waals surface area contributed by atoms with Gasteiger partial charge in [0.2, 0.25) is 5.91 Å². The topological polar surface area (TPSA) is 66.5 Å². The van der Waals surface area contributed by atoms with Gasteiger partial charge < -0.3 is 15.4 Å². The summed E-state index contributed by atoms with van der Waals surface area (Å²) in [7, 11) is 1.88. The zero-order valence-electron chi connectivity index (χ0n) is 11.7. The number of rotatable bonds is 5. The highest BCUT2D eigenvalue weighted by Crippen LogP contribution is 2.22. The Balaban J connectivity index is 1.86.